The van der Waals surface area contributed by atoms with Crippen molar-refractivity contribution in [2.75, 3.05) is 6.54 Å². The van der Waals surface area contributed by atoms with Crippen molar-refractivity contribution >= 4 is 19.6 Å². The van der Waals surface area contributed by atoms with Crippen molar-refractivity contribution < 1.29 is 18.9 Å². The van der Waals surface area contributed by atoms with Crippen molar-refractivity contribution in [3.05, 3.63) is 35.9 Å². The van der Waals surface area contributed by atoms with Gasteiger partial charge in [0, 0.05) is 6.54 Å². The highest BCUT2D eigenvalue weighted by molar-refractivity contribution is 7.57. The number of alkyl carbamates (subject to hydrolysis) is 1. The van der Waals surface area contributed by atoms with Gasteiger partial charge in [-0.05, 0) is 18.4 Å². The molecule has 2 rings (SSSR count). The largest absolute Gasteiger partial charge is 0.445 e. The van der Waals surface area contributed by atoms with Crippen molar-refractivity contribution in [1.82, 2.24) is 9.99 Å². The first-order valence-electron chi connectivity index (χ1n) is 6.84. The molecule has 1 saturated heterocycles. The average molecular weight is 326 g/mol. The van der Waals surface area contributed by atoms with Crippen LogP contribution in [0.15, 0.2) is 30.3 Å². The van der Waals surface area contributed by atoms with Gasteiger partial charge in [0.2, 0.25) is 0 Å². The van der Waals surface area contributed by atoms with E-state index in [1.54, 1.807) is 0 Å². The second kappa shape index (κ2) is 6.91. The number of nitrogens with zero attached hydrogens (tertiary/aromatic N) is 1. The summed E-state index contributed by atoms with van der Waals surface area (Å²) in [5.74, 6) is -0.545. The third-order valence-corrected chi connectivity index (χ3v) is 4.45. The van der Waals surface area contributed by atoms with E-state index in [1.165, 1.54) is 0 Å². The summed E-state index contributed by atoms with van der Waals surface area (Å²) in [6, 6.07) is 8.34. The van der Waals surface area contributed by atoms with E-state index in [0.29, 0.717) is 12.8 Å². The van der Waals surface area contributed by atoms with Gasteiger partial charge < -0.3 is 10.1 Å². The van der Waals surface area contributed by atoms with Gasteiger partial charge in [-0.25, -0.2) is 4.79 Å². The van der Waals surface area contributed by atoms with Crippen LogP contribution in [-0.2, 0) is 20.7 Å². The van der Waals surface area contributed by atoms with Gasteiger partial charge in [0.1, 0.15) is 12.6 Å². The Hall–Kier alpha value is -1.89. The van der Waals surface area contributed by atoms with Gasteiger partial charge in [0.05, 0.1) is 0 Å². The zero-order valence-corrected chi connectivity index (χ0v) is 12.9. The molecule has 1 aromatic rings. The van der Waals surface area contributed by atoms with E-state index in [2.05, 4.69) is 5.32 Å². The smallest absolute Gasteiger partial charge is 0.408 e. The topological polar surface area (TPSA) is 128 Å². The van der Waals surface area contributed by atoms with Crippen LogP contribution >= 0.6 is 7.59 Å². The molecule has 0 bridgehead atoms. The van der Waals surface area contributed by atoms with Gasteiger partial charge in [0.15, 0.2) is 0 Å². The Bertz CT molecular complexity index is 589. The lowest BCUT2D eigenvalue weighted by Gasteiger charge is -2.33. The monoisotopic (exact) mass is 326 g/mol. The second-order valence-corrected chi connectivity index (χ2v) is 6.86. The van der Waals surface area contributed by atoms with Crippen molar-refractivity contribution in [2.45, 2.75) is 25.5 Å². The first-order valence-corrected chi connectivity index (χ1v) is 8.64. The molecule has 2 amide bonds. The summed E-state index contributed by atoms with van der Waals surface area (Å²) in [5.41, 5.74) is 11.5. The molecule has 1 unspecified atom stereocenters. The molecule has 5 N–H and O–H groups in total. The lowest BCUT2D eigenvalue weighted by atomic mass is 10.1. The molecule has 8 nitrogen and oxygen atoms in total. The predicted molar refractivity (Wildman–Crippen MR) is 80.5 cm³/mol. The van der Waals surface area contributed by atoms with Crippen molar-refractivity contribution in [3.63, 3.8) is 0 Å². The van der Waals surface area contributed by atoms with Crippen LogP contribution in [0, 0.1) is 0 Å². The van der Waals surface area contributed by atoms with Crippen LogP contribution in [0.5, 0.6) is 0 Å². The van der Waals surface area contributed by atoms with Gasteiger partial charge >= 0.3 is 13.7 Å². The minimum absolute atomic E-state index is 0.101. The minimum atomic E-state index is -3.65. The average Bonchev–Trinajstić information content (AvgIpc) is 2.47. The van der Waals surface area contributed by atoms with E-state index in [-0.39, 0.29) is 13.2 Å². The molecule has 0 saturated carbocycles. The van der Waals surface area contributed by atoms with Crippen molar-refractivity contribution in [2.24, 2.45) is 11.0 Å². The normalized spacial score (nSPS) is 18.9. The lowest BCUT2D eigenvalue weighted by Crippen LogP contribution is -2.52. The van der Waals surface area contributed by atoms with E-state index < -0.39 is 25.6 Å². The summed E-state index contributed by atoms with van der Waals surface area (Å²) in [4.78, 5) is 23.9. The number of hydrogen-bond acceptors (Lipinski definition) is 4. The van der Waals surface area contributed by atoms with Gasteiger partial charge in [-0.3, -0.25) is 25.0 Å². The summed E-state index contributed by atoms with van der Waals surface area (Å²) in [5, 5.41) is 2.46. The molecule has 22 heavy (non-hydrogen) atoms. The fourth-order valence-electron chi connectivity index (χ4n) is 2.21. The van der Waals surface area contributed by atoms with Crippen LogP contribution in [0.25, 0.3) is 0 Å². The molecule has 1 fully saturated rings. The van der Waals surface area contributed by atoms with Crippen LogP contribution in [0.4, 0.5) is 4.79 Å². The first kappa shape index (κ1) is 16.5. The van der Waals surface area contributed by atoms with Crippen LogP contribution < -0.4 is 16.3 Å². The molecule has 1 atom stereocenters. The number of amides is 2. The Balaban J connectivity index is 1.88. The maximum absolute atomic E-state index is 12.1. The molecule has 0 radical (unpaired) electrons. The number of carbonyl (C=O) groups excluding carboxylic acids is 2. The third kappa shape index (κ3) is 4.30. The summed E-state index contributed by atoms with van der Waals surface area (Å²) < 4.78 is 17.6. The molecule has 1 aliphatic heterocycles. The number of benzene rings is 1. The van der Waals surface area contributed by atoms with E-state index >= 15 is 0 Å². The van der Waals surface area contributed by atoms with Crippen LogP contribution in [-0.4, -0.2) is 29.3 Å². The highest BCUT2D eigenvalue weighted by atomic mass is 31.2. The van der Waals surface area contributed by atoms with E-state index in [9.17, 15) is 14.2 Å². The van der Waals surface area contributed by atoms with E-state index in [1.807, 2.05) is 30.3 Å². The number of nitrogens with one attached hydrogen (secondary N) is 1. The number of ether oxygens (including phenoxy) is 1. The first-order chi connectivity index (χ1) is 10.4. The van der Waals surface area contributed by atoms with Gasteiger partial charge in [-0.1, -0.05) is 30.3 Å². The summed E-state index contributed by atoms with van der Waals surface area (Å²) >= 11 is 0. The van der Waals surface area contributed by atoms with Crippen molar-refractivity contribution in [3.8, 4) is 0 Å². The Morgan fingerprint density at radius 1 is 1.36 bits per heavy atom. The molecule has 9 heteroatoms. The standard InChI is InChI=1S/C13H19N4O4P/c14-22(15,20)17-8-4-7-11(12(17)18)16-13(19)21-9-10-5-2-1-3-6-10/h1-3,5-6,11H,4,7-9H2,(H,16,19)(H4,14,15,20). The number of hydrogen-bond donors (Lipinski definition) is 3. The molecular formula is C13H19N4O4P. The molecule has 0 aliphatic carbocycles. The minimum Gasteiger partial charge on any atom is -0.445 e. The highest BCUT2D eigenvalue weighted by Crippen LogP contribution is 2.35. The Morgan fingerprint density at radius 2 is 2.05 bits per heavy atom. The maximum Gasteiger partial charge on any atom is 0.408 e. The molecule has 0 spiro atoms. The zero-order valence-electron chi connectivity index (χ0n) is 12.0. The van der Waals surface area contributed by atoms with Crippen LogP contribution in [0.3, 0.4) is 0 Å². The van der Waals surface area contributed by atoms with Crippen molar-refractivity contribution in [1.29, 1.82) is 0 Å². The lowest BCUT2D eigenvalue weighted by molar-refractivity contribution is -0.130. The van der Waals surface area contributed by atoms with E-state index in [4.69, 9.17) is 15.7 Å². The van der Waals surface area contributed by atoms with Crippen LogP contribution in [0.1, 0.15) is 18.4 Å². The van der Waals surface area contributed by atoms with Gasteiger partial charge in [-0.15, -0.1) is 0 Å². The molecule has 1 aliphatic rings. The quantitative estimate of drug-likeness (QED) is 0.706. The fourth-order valence-corrected chi connectivity index (χ4v) is 3.11. The number of rotatable bonds is 4. The number of piperidine rings is 1. The van der Waals surface area contributed by atoms with E-state index in [0.717, 1.165) is 10.2 Å². The fraction of sp³-hybridized carbons (Fsp3) is 0.385. The number of nitrogens with two attached hydrogens (primary N) is 2. The molecule has 0 aromatic heterocycles. The Kier molecular flexibility index (Phi) is 5.18. The molecule has 1 heterocycles. The maximum atomic E-state index is 12.1. The second-order valence-electron chi connectivity index (χ2n) is 5.03. The Morgan fingerprint density at radius 3 is 2.68 bits per heavy atom. The number of carbonyl (C=O) groups is 2. The zero-order chi connectivity index (χ0) is 16.2. The Labute approximate surface area is 128 Å². The highest BCUT2D eigenvalue weighted by Gasteiger charge is 2.36. The molecule has 1 aromatic carbocycles. The van der Waals surface area contributed by atoms with Gasteiger partial charge in [0.25, 0.3) is 5.91 Å². The predicted octanol–water partition coefficient (Wildman–Crippen LogP) is 0.929. The SMILES string of the molecule is NP(N)(=O)N1CCCC(NC(=O)OCc2ccccc2)C1=O. The summed E-state index contributed by atoms with van der Waals surface area (Å²) in [7, 11) is -3.65. The van der Waals surface area contributed by atoms with Crippen LogP contribution in [0.2, 0.25) is 0 Å². The summed E-state index contributed by atoms with van der Waals surface area (Å²) in [6.07, 6.45) is 0.261. The summed E-state index contributed by atoms with van der Waals surface area (Å²) in [6.45, 7) is 0.323. The molecular weight excluding hydrogens is 307 g/mol. The third-order valence-electron chi connectivity index (χ3n) is 3.30. The molecule has 120 valence electrons. The van der Waals surface area contributed by atoms with Gasteiger partial charge in [-0.2, -0.15) is 0 Å².